The molecule has 0 bridgehead atoms. The lowest BCUT2D eigenvalue weighted by molar-refractivity contribution is -0.157. The van der Waals surface area contributed by atoms with Gasteiger partial charge in [-0.1, -0.05) is 0 Å². The summed E-state index contributed by atoms with van der Waals surface area (Å²) < 4.78 is 10.3. The Morgan fingerprint density at radius 1 is 1.60 bits per heavy atom. The number of esters is 1. The third-order valence-electron chi connectivity index (χ3n) is 2.43. The van der Waals surface area contributed by atoms with Crippen LogP contribution in [-0.2, 0) is 14.3 Å². The molecule has 0 radical (unpaired) electrons. The molecule has 0 aromatic carbocycles. The zero-order valence-electron chi connectivity index (χ0n) is 9.87. The van der Waals surface area contributed by atoms with Gasteiger partial charge in [0.2, 0.25) is 0 Å². The summed E-state index contributed by atoms with van der Waals surface area (Å²) >= 11 is 0. The van der Waals surface area contributed by atoms with Crippen LogP contribution in [0.15, 0.2) is 0 Å². The average molecular weight is 216 g/mol. The molecule has 0 aliphatic carbocycles. The van der Waals surface area contributed by atoms with Crippen molar-refractivity contribution in [3.05, 3.63) is 0 Å². The average Bonchev–Trinajstić information content (AvgIpc) is 2.26. The molecule has 1 aliphatic rings. The van der Waals surface area contributed by atoms with E-state index in [1.807, 2.05) is 20.8 Å². The Balaban J connectivity index is 2.45. The van der Waals surface area contributed by atoms with Gasteiger partial charge in [-0.05, 0) is 27.7 Å². The summed E-state index contributed by atoms with van der Waals surface area (Å²) in [5, 5.41) is 9.87. The molecule has 1 rings (SSSR count). The van der Waals surface area contributed by atoms with E-state index in [1.54, 1.807) is 6.92 Å². The van der Waals surface area contributed by atoms with Crippen molar-refractivity contribution in [3.63, 3.8) is 0 Å². The number of carbonyl (C=O) groups excluding carboxylic acids is 1. The lowest BCUT2D eigenvalue weighted by atomic mass is 9.90. The van der Waals surface area contributed by atoms with Gasteiger partial charge in [0.1, 0.15) is 5.60 Å². The molecule has 1 fully saturated rings. The molecule has 0 aromatic heterocycles. The van der Waals surface area contributed by atoms with Crippen molar-refractivity contribution < 1.29 is 19.4 Å². The summed E-state index contributed by atoms with van der Waals surface area (Å²) in [6.07, 6.45) is 0.213. The maximum Gasteiger partial charge on any atom is 0.306 e. The minimum Gasteiger partial charge on any atom is -0.460 e. The second kappa shape index (κ2) is 4.10. The quantitative estimate of drug-likeness (QED) is 0.703. The van der Waals surface area contributed by atoms with Crippen LogP contribution in [0.5, 0.6) is 0 Å². The number of ether oxygens (including phenoxy) is 2. The summed E-state index contributed by atoms with van der Waals surface area (Å²) in [6, 6.07) is 0. The van der Waals surface area contributed by atoms with Crippen LogP contribution >= 0.6 is 0 Å². The minimum absolute atomic E-state index is 0.160. The Labute approximate surface area is 90.6 Å². The molecule has 88 valence electrons. The van der Waals surface area contributed by atoms with E-state index in [-0.39, 0.29) is 18.3 Å². The smallest absolute Gasteiger partial charge is 0.306 e. The number of carbonyl (C=O) groups is 1. The van der Waals surface area contributed by atoms with Gasteiger partial charge in [0, 0.05) is 5.92 Å². The second-order valence-electron chi connectivity index (χ2n) is 5.36. The molecule has 0 saturated carbocycles. The van der Waals surface area contributed by atoms with Gasteiger partial charge in [0.05, 0.1) is 25.2 Å². The summed E-state index contributed by atoms with van der Waals surface area (Å²) in [7, 11) is 0. The highest BCUT2D eigenvalue weighted by Gasteiger charge is 2.39. The molecule has 0 unspecified atom stereocenters. The fraction of sp³-hybridized carbons (Fsp3) is 0.909. The number of hydrogen-bond acceptors (Lipinski definition) is 4. The zero-order chi connectivity index (χ0) is 11.7. The predicted octanol–water partition coefficient (Wildman–Crippen LogP) is 1.12. The van der Waals surface area contributed by atoms with Gasteiger partial charge in [-0.2, -0.15) is 0 Å². The summed E-state index contributed by atoms with van der Waals surface area (Å²) in [5.74, 6) is -0.439. The Morgan fingerprint density at radius 2 is 2.20 bits per heavy atom. The van der Waals surface area contributed by atoms with Gasteiger partial charge in [-0.3, -0.25) is 4.79 Å². The first kappa shape index (κ1) is 12.5. The van der Waals surface area contributed by atoms with Gasteiger partial charge >= 0.3 is 5.97 Å². The Kier molecular flexibility index (Phi) is 3.41. The van der Waals surface area contributed by atoms with Crippen LogP contribution in [0.4, 0.5) is 0 Å². The molecular weight excluding hydrogens is 196 g/mol. The fourth-order valence-corrected chi connectivity index (χ4v) is 1.57. The Hall–Kier alpha value is -0.610. The first-order chi connectivity index (χ1) is 6.71. The van der Waals surface area contributed by atoms with E-state index in [0.29, 0.717) is 13.2 Å². The maximum atomic E-state index is 11.5. The molecule has 4 nitrogen and oxygen atoms in total. The van der Waals surface area contributed by atoms with Gasteiger partial charge < -0.3 is 14.6 Å². The molecule has 1 N–H and O–H groups in total. The van der Waals surface area contributed by atoms with Crippen LogP contribution in [0.25, 0.3) is 0 Å². The van der Waals surface area contributed by atoms with Crippen LogP contribution in [0.2, 0.25) is 0 Å². The molecule has 1 saturated heterocycles. The van der Waals surface area contributed by atoms with Crippen LogP contribution in [0.3, 0.4) is 0 Å². The van der Waals surface area contributed by atoms with Crippen LogP contribution < -0.4 is 0 Å². The molecule has 0 aromatic rings. The Bertz CT molecular complexity index is 239. The third-order valence-corrected chi connectivity index (χ3v) is 2.43. The van der Waals surface area contributed by atoms with E-state index in [2.05, 4.69) is 0 Å². The molecule has 1 heterocycles. The largest absolute Gasteiger partial charge is 0.460 e. The van der Waals surface area contributed by atoms with Crippen molar-refractivity contribution in [2.75, 3.05) is 13.2 Å². The van der Waals surface area contributed by atoms with Gasteiger partial charge in [0.25, 0.3) is 0 Å². The topological polar surface area (TPSA) is 55.8 Å². The van der Waals surface area contributed by atoms with E-state index in [9.17, 15) is 9.90 Å². The third kappa shape index (κ3) is 3.80. The van der Waals surface area contributed by atoms with Gasteiger partial charge in [-0.15, -0.1) is 0 Å². The fourth-order valence-electron chi connectivity index (χ4n) is 1.57. The van der Waals surface area contributed by atoms with Crippen molar-refractivity contribution in [2.45, 2.75) is 45.3 Å². The standard InChI is InChI=1S/C11H20O4/c1-10(2,3)15-9(12)5-8-6-14-7-11(8,4)13/h8,13H,5-7H2,1-4H3/t8-,11-/m0/s1. The Morgan fingerprint density at radius 3 is 2.60 bits per heavy atom. The summed E-state index contributed by atoms with van der Waals surface area (Å²) in [6.45, 7) is 7.89. The van der Waals surface area contributed by atoms with E-state index in [4.69, 9.17) is 9.47 Å². The lowest BCUT2D eigenvalue weighted by Crippen LogP contribution is -2.36. The molecule has 0 spiro atoms. The van der Waals surface area contributed by atoms with E-state index >= 15 is 0 Å². The summed E-state index contributed by atoms with van der Waals surface area (Å²) in [5.41, 5.74) is -1.38. The minimum atomic E-state index is -0.906. The number of aliphatic hydroxyl groups is 1. The van der Waals surface area contributed by atoms with Gasteiger partial charge in [0.15, 0.2) is 0 Å². The summed E-state index contributed by atoms with van der Waals surface area (Å²) in [4.78, 5) is 11.5. The first-order valence-corrected chi connectivity index (χ1v) is 5.23. The SMILES string of the molecule is CC(C)(C)OC(=O)C[C@H]1COC[C@]1(C)O. The van der Waals surface area contributed by atoms with Crippen molar-refractivity contribution in [3.8, 4) is 0 Å². The van der Waals surface area contributed by atoms with E-state index < -0.39 is 11.2 Å². The highest BCUT2D eigenvalue weighted by atomic mass is 16.6. The molecule has 4 heteroatoms. The predicted molar refractivity (Wildman–Crippen MR) is 55.4 cm³/mol. The van der Waals surface area contributed by atoms with Gasteiger partial charge in [-0.25, -0.2) is 0 Å². The number of hydrogen-bond donors (Lipinski definition) is 1. The van der Waals surface area contributed by atoms with Crippen molar-refractivity contribution in [1.82, 2.24) is 0 Å². The maximum absolute atomic E-state index is 11.5. The monoisotopic (exact) mass is 216 g/mol. The van der Waals surface area contributed by atoms with E-state index in [1.165, 1.54) is 0 Å². The molecule has 2 atom stereocenters. The van der Waals surface area contributed by atoms with Crippen LogP contribution in [0, 0.1) is 5.92 Å². The highest BCUT2D eigenvalue weighted by molar-refractivity contribution is 5.70. The lowest BCUT2D eigenvalue weighted by Gasteiger charge is -2.25. The normalized spacial score (nSPS) is 31.7. The second-order valence-corrected chi connectivity index (χ2v) is 5.36. The molecular formula is C11H20O4. The first-order valence-electron chi connectivity index (χ1n) is 5.23. The number of rotatable bonds is 2. The van der Waals surface area contributed by atoms with Crippen molar-refractivity contribution >= 4 is 5.97 Å². The van der Waals surface area contributed by atoms with Crippen LogP contribution in [0.1, 0.15) is 34.1 Å². The van der Waals surface area contributed by atoms with Crippen molar-refractivity contribution in [1.29, 1.82) is 0 Å². The van der Waals surface area contributed by atoms with Crippen molar-refractivity contribution in [2.24, 2.45) is 5.92 Å². The van der Waals surface area contributed by atoms with Crippen LogP contribution in [-0.4, -0.2) is 35.5 Å². The van der Waals surface area contributed by atoms with E-state index in [0.717, 1.165) is 0 Å². The highest BCUT2D eigenvalue weighted by Crippen LogP contribution is 2.28. The molecule has 0 amide bonds. The molecule has 1 aliphatic heterocycles. The molecule has 15 heavy (non-hydrogen) atoms. The zero-order valence-corrected chi connectivity index (χ0v) is 9.87.